The molecule has 0 rings (SSSR count). The molecule has 0 aliphatic carbocycles. The first kappa shape index (κ1) is 7.08. The van der Waals surface area contributed by atoms with Gasteiger partial charge >= 0.3 is 0 Å². The zero-order chi connectivity index (χ0) is 6.41. The number of hydrogen-bond donors (Lipinski definition) is 2. The van der Waals surface area contributed by atoms with Gasteiger partial charge in [-0.2, -0.15) is 0 Å². The Morgan fingerprint density at radius 1 is 1.50 bits per heavy atom. The summed E-state index contributed by atoms with van der Waals surface area (Å²) in [6.45, 7) is 1.97. The minimum absolute atomic E-state index is 0.644. The fourth-order valence-corrected chi connectivity index (χ4v) is 0.290. The Labute approximate surface area is 48.8 Å². The second-order valence-electron chi connectivity index (χ2n) is 1.36. The van der Waals surface area contributed by atoms with Crippen LogP contribution in [0.25, 0.3) is 0 Å². The van der Waals surface area contributed by atoms with Crippen molar-refractivity contribution >= 4 is 0 Å². The van der Waals surface area contributed by atoms with E-state index < -0.39 is 5.95 Å². The molecule has 8 heavy (non-hydrogen) atoms. The topological polar surface area (TPSA) is 40.5 Å². The summed E-state index contributed by atoms with van der Waals surface area (Å²) in [5.41, 5.74) is 0. The molecule has 0 saturated heterocycles. The second-order valence-corrected chi connectivity index (χ2v) is 1.36. The van der Waals surface area contributed by atoms with Gasteiger partial charge in [0.05, 0.1) is 0 Å². The summed E-state index contributed by atoms with van der Waals surface area (Å²) in [4.78, 5) is 0. The van der Waals surface area contributed by atoms with E-state index in [-0.39, 0.29) is 0 Å². The van der Waals surface area contributed by atoms with Crippen LogP contribution in [0, 0.1) is 0 Å². The zero-order valence-corrected chi connectivity index (χ0v) is 4.83. The van der Waals surface area contributed by atoms with Crippen LogP contribution in [0.4, 0.5) is 0 Å². The summed E-state index contributed by atoms with van der Waals surface area (Å²) in [5, 5.41) is 16.3. The average molecular weight is 114 g/mol. The molecular weight excluding hydrogens is 104 g/mol. The number of aliphatic hydroxyl groups is 2. The molecule has 0 fully saturated rings. The van der Waals surface area contributed by atoms with Gasteiger partial charge in [0, 0.05) is 6.08 Å². The first-order chi connectivity index (χ1) is 3.77. The zero-order valence-electron chi connectivity index (χ0n) is 4.83. The van der Waals surface area contributed by atoms with Gasteiger partial charge in [-0.15, -0.1) is 0 Å². The maximum Gasteiger partial charge on any atom is 0.274 e. The SMILES string of the molecule is CCC=CC=C(O)O. The molecule has 0 aromatic rings. The lowest BCUT2D eigenvalue weighted by Gasteiger charge is -1.79. The minimum Gasteiger partial charge on any atom is -0.481 e. The van der Waals surface area contributed by atoms with E-state index in [1.165, 1.54) is 6.08 Å². The molecule has 0 aromatic heterocycles. The molecular formula is C6H10O2. The third-order valence-electron chi connectivity index (χ3n) is 0.617. The summed E-state index contributed by atoms with van der Waals surface area (Å²) in [6, 6.07) is 0. The summed E-state index contributed by atoms with van der Waals surface area (Å²) in [7, 11) is 0. The largest absolute Gasteiger partial charge is 0.481 e. The smallest absolute Gasteiger partial charge is 0.274 e. The Kier molecular flexibility index (Phi) is 3.76. The molecule has 0 atom stereocenters. The maximum absolute atomic E-state index is 8.14. The normalized spacial score (nSPS) is 9.62. The van der Waals surface area contributed by atoms with Crippen molar-refractivity contribution in [2.45, 2.75) is 13.3 Å². The average Bonchev–Trinajstić information content (AvgIpc) is 1.66. The Balaban J connectivity index is 3.42. The molecule has 0 aliphatic rings. The third-order valence-corrected chi connectivity index (χ3v) is 0.617. The van der Waals surface area contributed by atoms with E-state index in [0.717, 1.165) is 6.42 Å². The van der Waals surface area contributed by atoms with E-state index in [1.807, 2.05) is 13.0 Å². The van der Waals surface area contributed by atoms with Crippen molar-refractivity contribution in [2.75, 3.05) is 0 Å². The van der Waals surface area contributed by atoms with Crippen LogP contribution in [0.5, 0.6) is 0 Å². The van der Waals surface area contributed by atoms with E-state index in [9.17, 15) is 0 Å². The fourth-order valence-electron chi connectivity index (χ4n) is 0.290. The monoisotopic (exact) mass is 114 g/mol. The molecule has 0 unspecified atom stereocenters. The molecule has 2 heteroatoms. The first-order valence-corrected chi connectivity index (χ1v) is 2.52. The lowest BCUT2D eigenvalue weighted by molar-refractivity contribution is 0.191. The second kappa shape index (κ2) is 4.24. The van der Waals surface area contributed by atoms with Crippen molar-refractivity contribution < 1.29 is 10.2 Å². The molecule has 0 radical (unpaired) electrons. The lowest BCUT2D eigenvalue weighted by atomic mass is 10.4. The highest BCUT2D eigenvalue weighted by Gasteiger charge is 1.73. The molecule has 0 heterocycles. The Morgan fingerprint density at radius 3 is 2.50 bits per heavy atom. The van der Waals surface area contributed by atoms with Crippen molar-refractivity contribution in [3.05, 3.63) is 24.2 Å². The quantitative estimate of drug-likeness (QED) is 0.425. The van der Waals surface area contributed by atoms with Gasteiger partial charge in [-0.25, -0.2) is 0 Å². The van der Waals surface area contributed by atoms with Gasteiger partial charge in [-0.1, -0.05) is 19.1 Å². The van der Waals surface area contributed by atoms with Crippen LogP contribution in [0.2, 0.25) is 0 Å². The van der Waals surface area contributed by atoms with Crippen molar-refractivity contribution in [2.24, 2.45) is 0 Å². The highest BCUT2D eigenvalue weighted by atomic mass is 16.5. The Hall–Kier alpha value is -0.920. The van der Waals surface area contributed by atoms with E-state index in [4.69, 9.17) is 10.2 Å². The van der Waals surface area contributed by atoms with Gasteiger partial charge in [0.25, 0.3) is 5.95 Å². The van der Waals surface area contributed by atoms with Crippen LogP contribution in [-0.2, 0) is 0 Å². The fraction of sp³-hybridized carbons (Fsp3) is 0.333. The number of allylic oxidation sites excluding steroid dienone is 3. The summed E-state index contributed by atoms with van der Waals surface area (Å²) in [6.07, 6.45) is 5.55. The Bertz CT molecular complexity index is 99.1. The number of rotatable bonds is 2. The van der Waals surface area contributed by atoms with Crippen molar-refractivity contribution in [1.82, 2.24) is 0 Å². The van der Waals surface area contributed by atoms with Crippen LogP contribution < -0.4 is 0 Å². The molecule has 2 nitrogen and oxygen atoms in total. The van der Waals surface area contributed by atoms with Crippen LogP contribution >= 0.6 is 0 Å². The van der Waals surface area contributed by atoms with Gasteiger partial charge < -0.3 is 10.2 Å². The molecule has 0 bridgehead atoms. The van der Waals surface area contributed by atoms with Crippen LogP contribution in [0.15, 0.2) is 24.2 Å². The van der Waals surface area contributed by atoms with Crippen LogP contribution in [0.3, 0.4) is 0 Å². The third kappa shape index (κ3) is 5.08. The maximum atomic E-state index is 8.14. The van der Waals surface area contributed by atoms with Crippen molar-refractivity contribution in [1.29, 1.82) is 0 Å². The van der Waals surface area contributed by atoms with Gasteiger partial charge in [0.2, 0.25) is 0 Å². The van der Waals surface area contributed by atoms with Crippen LogP contribution in [-0.4, -0.2) is 10.2 Å². The van der Waals surface area contributed by atoms with E-state index in [2.05, 4.69) is 0 Å². The number of hydrogen-bond acceptors (Lipinski definition) is 2. The van der Waals surface area contributed by atoms with Gasteiger partial charge in [0.1, 0.15) is 0 Å². The standard InChI is InChI=1S/C6H10O2/c1-2-3-4-5-6(7)8/h3-5,7-8H,2H2,1H3. The highest BCUT2D eigenvalue weighted by Crippen LogP contribution is 1.83. The summed E-state index contributed by atoms with van der Waals surface area (Å²) in [5.74, 6) is -0.644. The molecule has 0 aliphatic heterocycles. The van der Waals surface area contributed by atoms with Crippen molar-refractivity contribution in [3.8, 4) is 0 Å². The molecule has 46 valence electrons. The molecule has 0 spiro atoms. The predicted molar refractivity (Wildman–Crippen MR) is 32.8 cm³/mol. The van der Waals surface area contributed by atoms with E-state index in [1.54, 1.807) is 6.08 Å². The van der Waals surface area contributed by atoms with Gasteiger partial charge in [-0.05, 0) is 6.42 Å². The lowest BCUT2D eigenvalue weighted by Crippen LogP contribution is -1.70. The molecule has 0 aromatic carbocycles. The first-order valence-electron chi connectivity index (χ1n) is 2.52. The minimum atomic E-state index is -0.644. The molecule has 0 amide bonds. The van der Waals surface area contributed by atoms with Crippen molar-refractivity contribution in [3.63, 3.8) is 0 Å². The van der Waals surface area contributed by atoms with E-state index in [0.29, 0.717) is 0 Å². The number of aliphatic hydroxyl groups excluding tert-OH is 1. The summed E-state index contributed by atoms with van der Waals surface area (Å²) < 4.78 is 0. The summed E-state index contributed by atoms with van der Waals surface area (Å²) >= 11 is 0. The predicted octanol–water partition coefficient (Wildman–Crippen LogP) is 1.91. The van der Waals surface area contributed by atoms with Crippen LogP contribution in [0.1, 0.15) is 13.3 Å². The molecule has 2 N–H and O–H groups in total. The van der Waals surface area contributed by atoms with E-state index >= 15 is 0 Å². The van der Waals surface area contributed by atoms with Gasteiger partial charge in [0.15, 0.2) is 0 Å². The van der Waals surface area contributed by atoms with Gasteiger partial charge in [-0.3, -0.25) is 0 Å². The molecule has 0 saturated carbocycles. The highest BCUT2D eigenvalue weighted by molar-refractivity contribution is 5.01. The Morgan fingerprint density at radius 2 is 2.12 bits per heavy atom.